The van der Waals surface area contributed by atoms with Crippen molar-refractivity contribution in [3.63, 3.8) is 0 Å². The van der Waals surface area contributed by atoms with Crippen LogP contribution in [-0.2, 0) is 17.1 Å². The molecule has 3 rings (SSSR count). The van der Waals surface area contributed by atoms with Crippen molar-refractivity contribution < 1.29 is 13.5 Å². The number of aromatic nitrogens is 3. The number of aromatic amines is 1. The molecule has 2 heterocycles. The first-order valence-electron chi connectivity index (χ1n) is 9.01. The Morgan fingerprint density at radius 2 is 1.93 bits per heavy atom. The number of sulfonamides is 1. The van der Waals surface area contributed by atoms with Gasteiger partial charge in [-0.2, -0.15) is 0 Å². The lowest BCUT2D eigenvalue weighted by atomic mass is 9.94. The van der Waals surface area contributed by atoms with Crippen LogP contribution in [0, 0.1) is 0 Å². The summed E-state index contributed by atoms with van der Waals surface area (Å²) in [6.45, 7) is 1.72. The van der Waals surface area contributed by atoms with E-state index >= 15 is 0 Å². The number of nitrogens with zero attached hydrogens (tertiary/aromatic N) is 2. The fourth-order valence-electron chi connectivity index (χ4n) is 3.13. The number of H-pyrrole nitrogens is 1. The van der Waals surface area contributed by atoms with Gasteiger partial charge in [-0.25, -0.2) is 22.9 Å². The molecular formula is C19H22N4O5S. The largest absolute Gasteiger partial charge is 0.393 e. The molecule has 2 unspecified atom stereocenters. The smallest absolute Gasteiger partial charge is 0.329 e. The molecule has 29 heavy (non-hydrogen) atoms. The highest BCUT2D eigenvalue weighted by Crippen LogP contribution is 2.21. The number of nitrogens with one attached hydrogen (secondary N) is 2. The van der Waals surface area contributed by atoms with E-state index in [1.807, 2.05) is 30.3 Å². The van der Waals surface area contributed by atoms with Crippen LogP contribution >= 0.6 is 0 Å². The quantitative estimate of drug-likeness (QED) is 0.510. The lowest BCUT2D eigenvalue weighted by Gasteiger charge is -2.19. The van der Waals surface area contributed by atoms with E-state index in [9.17, 15) is 23.1 Å². The van der Waals surface area contributed by atoms with Crippen molar-refractivity contribution in [1.82, 2.24) is 19.3 Å². The summed E-state index contributed by atoms with van der Waals surface area (Å²) in [6, 6.07) is 10.5. The van der Waals surface area contributed by atoms with Gasteiger partial charge >= 0.3 is 5.69 Å². The van der Waals surface area contributed by atoms with Crippen molar-refractivity contribution in [2.24, 2.45) is 7.05 Å². The number of aliphatic hydroxyl groups is 1. The number of aliphatic hydroxyl groups excluding tert-OH is 1. The molecule has 2 atom stereocenters. The molecule has 0 fully saturated rings. The van der Waals surface area contributed by atoms with Crippen LogP contribution in [0.3, 0.4) is 0 Å². The molecule has 2 aromatic heterocycles. The van der Waals surface area contributed by atoms with Crippen LogP contribution in [0.1, 0.15) is 24.8 Å². The zero-order valence-corrected chi connectivity index (χ0v) is 16.8. The molecule has 0 aliphatic heterocycles. The van der Waals surface area contributed by atoms with Crippen LogP contribution in [0.25, 0.3) is 11.0 Å². The Morgan fingerprint density at radius 1 is 1.24 bits per heavy atom. The minimum absolute atomic E-state index is 0.00133. The maximum atomic E-state index is 12.8. The average molecular weight is 418 g/mol. The highest BCUT2D eigenvalue weighted by atomic mass is 32.2. The van der Waals surface area contributed by atoms with Crippen LogP contribution in [0.4, 0.5) is 0 Å². The highest BCUT2D eigenvalue weighted by molar-refractivity contribution is 7.89. The second kappa shape index (κ2) is 8.27. The summed E-state index contributed by atoms with van der Waals surface area (Å²) in [6.07, 6.45) is 0.881. The molecular weight excluding hydrogens is 396 g/mol. The third kappa shape index (κ3) is 4.61. The Morgan fingerprint density at radius 3 is 2.59 bits per heavy atom. The van der Waals surface area contributed by atoms with Crippen molar-refractivity contribution in [3.8, 4) is 0 Å². The number of rotatable bonds is 7. The molecule has 0 spiro atoms. The van der Waals surface area contributed by atoms with E-state index in [0.29, 0.717) is 6.42 Å². The topological polar surface area (TPSA) is 134 Å². The fraction of sp³-hybridized carbons (Fsp3) is 0.316. The highest BCUT2D eigenvalue weighted by Gasteiger charge is 2.21. The average Bonchev–Trinajstić information content (AvgIpc) is 2.69. The predicted octanol–water partition coefficient (Wildman–Crippen LogP) is 0.455. The SMILES string of the molecule is CC(O)CC(CNS(=O)(=O)c1cnc2c(c1)c(=O)[nH]c(=O)n2C)c1ccccc1. The van der Waals surface area contributed by atoms with E-state index in [4.69, 9.17) is 0 Å². The summed E-state index contributed by atoms with van der Waals surface area (Å²) in [7, 11) is -2.53. The lowest BCUT2D eigenvalue weighted by molar-refractivity contribution is 0.174. The molecule has 0 aliphatic carbocycles. The molecule has 0 saturated heterocycles. The van der Waals surface area contributed by atoms with Crippen LogP contribution in [0.5, 0.6) is 0 Å². The lowest BCUT2D eigenvalue weighted by Crippen LogP contribution is -2.31. The van der Waals surface area contributed by atoms with Crippen LogP contribution in [0.2, 0.25) is 0 Å². The number of hydrogen-bond acceptors (Lipinski definition) is 6. The second-order valence-corrected chi connectivity index (χ2v) is 8.67. The van der Waals surface area contributed by atoms with Gasteiger partial charge in [-0.3, -0.25) is 14.3 Å². The van der Waals surface area contributed by atoms with Crippen molar-refractivity contribution in [2.45, 2.75) is 30.3 Å². The molecule has 10 heteroatoms. The number of benzene rings is 1. The van der Waals surface area contributed by atoms with E-state index in [-0.39, 0.29) is 28.4 Å². The fourth-order valence-corrected chi connectivity index (χ4v) is 4.18. The van der Waals surface area contributed by atoms with Crippen LogP contribution < -0.4 is 16.0 Å². The van der Waals surface area contributed by atoms with E-state index in [1.165, 1.54) is 13.1 Å². The molecule has 0 bridgehead atoms. The van der Waals surface area contributed by atoms with Gasteiger partial charge < -0.3 is 5.11 Å². The number of fused-ring (bicyclic) bond motifs is 1. The Bertz CT molecular complexity index is 1230. The third-order valence-electron chi connectivity index (χ3n) is 4.66. The summed E-state index contributed by atoms with van der Waals surface area (Å²) >= 11 is 0. The molecule has 0 amide bonds. The molecule has 0 aliphatic rings. The normalized spacial score (nSPS) is 14.0. The van der Waals surface area contributed by atoms with Gasteiger partial charge in [0.25, 0.3) is 5.56 Å². The molecule has 3 aromatic rings. The molecule has 3 N–H and O–H groups in total. The van der Waals surface area contributed by atoms with Crippen molar-refractivity contribution in [1.29, 1.82) is 0 Å². The van der Waals surface area contributed by atoms with E-state index in [2.05, 4.69) is 14.7 Å². The van der Waals surface area contributed by atoms with Gasteiger partial charge in [-0.15, -0.1) is 0 Å². The Balaban J connectivity index is 1.90. The van der Waals surface area contributed by atoms with Crippen molar-refractivity contribution in [2.75, 3.05) is 6.54 Å². The van der Waals surface area contributed by atoms with Crippen molar-refractivity contribution >= 4 is 21.1 Å². The van der Waals surface area contributed by atoms with Crippen molar-refractivity contribution in [3.05, 3.63) is 69.0 Å². The maximum Gasteiger partial charge on any atom is 0.329 e. The number of hydrogen-bond donors (Lipinski definition) is 3. The first-order valence-corrected chi connectivity index (χ1v) is 10.5. The summed E-state index contributed by atoms with van der Waals surface area (Å²) < 4.78 is 29.2. The van der Waals surface area contributed by atoms with E-state index in [0.717, 1.165) is 16.3 Å². The zero-order valence-electron chi connectivity index (χ0n) is 16.0. The van der Waals surface area contributed by atoms with E-state index in [1.54, 1.807) is 6.92 Å². The minimum atomic E-state index is -3.96. The number of pyridine rings is 1. The summed E-state index contributed by atoms with van der Waals surface area (Å²) in [5, 5.41) is 9.77. The molecule has 9 nitrogen and oxygen atoms in total. The summed E-state index contributed by atoms with van der Waals surface area (Å²) in [5.74, 6) is -0.233. The number of aryl methyl sites for hydroxylation is 1. The van der Waals surface area contributed by atoms with Gasteiger partial charge in [0.15, 0.2) is 0 Å². The first-order chi connectivity index (χ1) is 13.7. The standard InChI is InChI=1S/C19H22N4O5S/c1-12(24)8-14(13-6-4-3-5-7-13)10-21-29(27,28)15-9-16-17(20-11-15)23(2)19(26)22-18(16)25/h3-7,9,11-12,14,21,24H,8,10H2,1-2H3,(H,22,25,26). The van der Waals surface area contributed by atoms with Crippen LogP contribution in [-0.4, -0.2) is 40.7 Å². The second-order valence-electron chi connectivity index (χ2n) is 6.90. The molecule has 1 aromatic carbocycles. The van der Waals surface area contributed by atoms with E-state index < -0.39 is 27.4 Å². The van der Waals surface area contributed by atoms with Gasteiger partial charge in [-0.05, 0) is 30.9 Å². The van der Waals surface area contributed by atoms with Gasteiger partial charge in [0.2, 0.25) is 10.0 Å². The summed E-state index contributed by atoms with van der Waals surface area (Å²) in [4.78, 5) is 29.6. The summed E-state index contributed by atoms with van der Waals surface area (Å²) in [5.41, 5.74) is -0.343. The first kappa shape index (κ1) is 20.9. The zero-order chi connectivity index (χ0) is 21.2. The molecule has 0 radical (unpaired) electrons. The van der Waals surface area contributed by atoms with Gasteiger partial charge in [0, 0.05) is 19.8 Å². The Kier molecular flexibility index (Phi) is 5.96. The third-order valence-corrected chi connectivity index (χ3v) is 6.05. The predicted molar refractivity (Wildman–Crippen MR) is 108 cm³/mol. The van der Waals surface area contributed by atoms with Crippen LogP contribution in [0.15, 0.2) is 57.1 Å². The Hall–Kier alpha value is -2.82. The molecule has 0 saturated carbocycles. The van der Waals surface area contributed by atoms with Gasteiger partial charge in [0.05, 0.1) is 11.5 Å². The molecule has 154 valence electrons. The minimum Gasteiger partial charge on any atom is -0.393 e. The monoisotopic (exact) mass is 418 g/mol. The maximum absolute atomic E-state index is 12.8. The Labute approximate surface area is 167 Å². The van der Waals surface area contributed by atoms with Gasteiger partial charge in [-0.1, -0.05) is 30.3 Å². The van der Waals surface area contributed by atoms with Gasteiger partial charge in [0.1, 0.15) is 10.5 Å².